The number of hydrogen-bond donors (Lipinski definition) is 1. The first kappa shape index (κ1) is 14.0. The summed E-state index contributed by atoms with van der Waals surface area (Å²) < 4.78 is 5.60. The number of aromatic nitrogens is 1. The van der Waals surface area contributed by atoms with E-state index in [0.29, 0.717) is 0 Å². The van der Waals surface area contributed by atoms with Gasteiger partial charge in [0.15, 0.2) is 0 Å². The van der Waals surface area contributed by atoms with Gasteiger partial charge in [-0.15, -0.1) is 11.3 Å². The lowest BCUT2D eigenvalue weighted by Crippen LogP contribution is -2.25. The highest BCUT2D eigenvalue weighted by molar-refractivity contribution is 7.12. The Bertz CT molecular complexity index is 435. The average Bonchev–Trinajstić information content (AvgIpc) is 2.70. The summed E-state index contributed by atoms with van der Waals surface area (Å²) in [5, 5.41) is 11.2. The molecule has 1 aromatic heterocycles. The van der Waals surface area contributed by atoms with Crippen LogP contribution in [0.5, 0.6) is 0 Å². The van der Waals surface area contributed by atoms with Crippen LogP contribution in [0.3, 0.4) is 0 Å². The smallest absolute Gasteiger partial charge is 0.125 e. The van der Waals surface area contributed by atoms with Crippen LogP contribution in [0.15, 0.2) is 0 Å². The van der Waals surface area contributed by atoms with Crippen LogP contribution < -0.4 is 0 Å². The van der Waals surface area contributed by atoms with E-state index in [4.69, 9.17) is 9.72 Å². The minimum Gasteiger partial charge on any atom is -0.387 e. The van der Waals surface area contributed by atoms with Crippen LogP contribution >= 0.6 is 11.3 Å². The molecule has 4 heteroatoms. The third kappa shape index (κ3) is 2.33. The molecule has 102 valence electrons. The molecule has 2 rings (SSSR count). The van der Waals surface area contributed by atoms with E-state index in [1.165, 1.54) is 0 Å². The molecule has 1 N–H and O–H groups in total. The first-order chi connectivity index (χ1) is 8.31. The van der Waals surface area contributed by atoms with Crippen LogP contribution in [0.1, 0.15) is 62.2 Å². The van der Waals surface area contributed by atoms with Crippen molar-refractivity contribution >= 4 is 11.3 Å². The zero-order valence-corrected chi connectivity index (χ0v) is 12.7. The molecule has 2 unspecified atom stereocenters. The second kappa shape index (κ2) is 4.58. The number of hydrogen-bond acceptors (Lipinski definition) is 4. The Morgan fingerprint density at radius 3 is 2.78 bits per heavy atom. The van der Waals surface area contributed by atoms with Crippen LogP contribution in [0.25, 0.3) is 0 Å². The normalized spacial score (nSPS) is 25.6. The fourth-order valence-electron chi connectivity index (χ4n) is 2.50. The predicted octanol–water partition coefficient (Wildman–Crippen LogP) is 3.42. The van der Waals surface area contributed by atoms with Gasteiger partial charge in [0, 0.05) is 7.11 Å². The second-order valence-corrected chi connectivity index (χ2v) is 7.21. The quantitative estimate of drug-likeness (QED) is 0.914. The van der Waals surface area contributed by atoms with Gasteiger partial charge in [-0.05, 0) is 31.6 Å². The third-order valence-electron chi connectivity index (χ3n) is 4.00. The molecule has 0 amide bonds. The molecule has 0 aromatic carbocycles. The summed E-state index contributed by atoms with van der Waals surface area (Å²) in [5.41, 5.74) is 0.870. The Balaban J connectivity index is 2.40. The average molecular weight is 269 g/mol. The van der Waals surface area contributed by atoms with E-state index in [1.807, 2.05) is 0 Å². The van der Waals surface area contributed by atoms with Gasteiger partial charge in [-0.25, -0.2) is 4.98 Å². The van der Waals surface area contributed by atoms with E-state index in [1.54, 1.807) is 18.4 Å². The number of thiazole rings is 1. The maximum atomic E-state index is 10.3. The maximum absolute atomic E-state index is 10.3. The van der Waals surface area contributed by atoms with Crippen LogP contribution in [-0.2, 0) is 16.8 Å². The summed E-state index contributed by atoms with van der Waals surface area (Å²) in [6, 6.07) is 0. The van der Waals surface area contributed by atoms with Crippen LogP contribution in [0.2, 0.25) is 0 Å². The third-order valence-corrected chi connectivity index (χ3v) is 5.44. The molecule has 2 atom stereocenters. The van der Waals surface area contributed by atoms with Crippen molar-refractivity contribution in [3.63, 3.8) is 0 Å². The SMILES string of the molecule is CCC(C)(OC)c1nc2c(s1)C(O)CC(C)(C)C2. The molecule has 0 spiro atoms. The van der Waals surface area contributed by atoms with Gasteiger partial charge in [0.2, 0.25) is 0 Å². The maximum Gasteiger partial charge on any atom is 0.125 e. The Kier molecular flexibility index (Phi) is 3.56. The van der Waals surface area contributed by atoms with E-state index in [-0.39, 0.29) is 17.1 Å². The summed E-state index contributed by atoms with van der Waals surface area (Å²) in [7, 11) is 1.73. The van der Waals surface area contributed by atoms with Crippen molar-refractivity contribution < 1.29 is 9.84 Å². The second-order valence-electron chi connectivity index (χ2n) is 6.18. The molecule has 0 bridgehead atoms. The van der Waals surface area contributed by atoms with Gasteiger partial charge >= 0.3 is 0 Å². The number of aliphatic hydroxyl groups excluding tert-OH is 1. The zero-order valence-electron chi connectivity index (χ0n) is 11.9. The van der Waals surface area contributed by atoms with Gasteiger partial charge in [0.1, 0.15) is 10.6 Å². The molecule has 1 aliphatic rings. The summed E-state index contributed by atoms with van der Waals surface area (Å²) in [6.07, 6.45) is 2.28. The summed E-state index contributed by atoms with van der Waals surface area (Å²) in [6.45, 7) is 8.54. The first-order valence-electron chi connectivity index (χ1n) is 6.54. The molecule has 1 aromatic rings. The van der Waals surface area contributed by atoms with Gasteiger partial charge in [-0.3, -0.25) is 0 Å². The molecule has 0 saturated heterocycles. The van der Waals surface area contributed by atoms with Crippen LogP contribution in [0.4, 0.5) is 0 Å². The summed E-state index contributed by atoms with van der Waals surface area (Å²) in [4.78, 5) is 5.79. The van der Waals surface area contributed by atoms with Crippen LogP contribution in [0, 0.1) is 5.41 Å². The number of nitrogens with zero attached hydrogens (tertiary/aromatic N) is 1. The van der Waals surface area contributed by atoms with Gasteiger partial charge < -0.3 is 9.84 Å². The van der Waals surface area contributed by atoms with Gasteiger partial charge in [0.25, 0.3) is 0 Å². The number of aliphatic hydroxyl groups is 1. The van der Waals surface area contributed by atoms with Crippen molar-refractivity contribution in [2.45, 2.75) is 58.7 Å². The lowest BCUT2D eigenvalue weighted by molar-refractivity contribution is -0.00174. The number of ether oxygens (including phenoxy) is 1. The van der Waals surface area contributed by atoms with Gasteiger partial charge in [0.05, 0.1) is 16.7 Å². The van der Waals surface area contributed by atoms with Crippen molar-refractivity contribution in [1.82, 2.24) is 4.98 Å². The van der Waals surface area contributed by atoms with Crippen molar-refractivity contribution in [2.24, 2.45) is 5.41 Å². The summed E-state index contributed by atoms with van der Waals surface area (Å²) >= 11 is 1.61. The standard InChI is InChI=1S/C14H23NO2S/c1-6-14(4,17-5)12-15-9-7-13(2,3)8-10(16)11(9)18-12/h10,16H,6-8H2,1-5H3. The minimum atomic E-state index is -0.368. The lowest BCUT2D eigenvalue weighted by atomic mass is 9.77. The largest absolute Gasteiger partial charge is 0.387 e. The van der Waals surface area contributed by atoms with E-state index in [2.05, 4.69) is 27.7 Å². The van der Waals surface area contributed by atoms with Gasteiger partial charge in [-0.2, -0.15) is 0 Å². The van der Waals surface area contributed by atoms with Crippen molar-refractivity contribution in [2.75, 3.05) is 7.11 Å². The monoisotopic (exact) mass is 269 g/mol. The Morgan fingerprint density at radius 2 is 2.22 bits per heavy atom. The van der Waals surface area contributed by atoms with Crippen molar-refractivity contribution in [3.05, 3.63) is 15.6 Å². The summed E-state index contributed by atoms with van der Waals surface area (Å²) in [5.74, 6) is 0. The van der Waals surface area contributed by atoms with E-state index in [0.717, 1.165) is 34.8 Å². The molecular weight excluding hydrogens is 246 g/mol. The Hall–Kier alpha value is -0.450. The predicted molar refractivity (Wildman–Crippen MR) is 73.8 cm³/mol. The number of fused-ring (bicyclic) bond motifs is 1. The molecule has 0 saturated carbocycles. The fraction of sp³-hybridized carbons (Fsp3) is 0.786. The molecule has 3 nitrogen and oxygen atoms in total. The van der Waals surface area contributed by atoms with E-state index >= 15 is 0 Å². The fourth-order valence-corrected chi connectivity index (χ4v) is 3.76. The molecule has 0 fully saturated rings. The Morgan fingerprint density at radius 1 is 1.56 bits per heavy atom. The highest BCUT2D eigenvalue weighted by atomic mass is 32.1. The van der Waals surface area contributed by atoms with Crippen LogP contribution in [-0.4, -0.2) is 17.2 Å². The molecule has 0 aliphatic heterocycles. The van der Waals surface area contributed by atoms with Crippen molar-refractivity contribution in [3.8, 4) is 0 Å². The first-order valence-corrected chi connectivity index (χ1v) is 7.36. The molecule has 1 heterocycles. The van der Waals surface area contributed by atoms with E-state index in [9.17, 15) is 5.11 Å². The molecule has 18 heavy (non-hydrogen) atoms. The lowest BCUT2D eigenvalue weighted by Gasteiger charge is -2.31. The molecular formula is C14H23NO2S. The molecule has 1 aliphatic carbocycles. The minimum absolute atomic E-state index is 0.132. The highest BCUT2D eigenvalue weighted by Crippen LogP contribution is 2.45. The highest BCUT2D eigenvalue weighted by Gasteiger charge is 2.37. The Labute approximate surface area is 113 Å². The zero-order chi connectivity index (χ0) is 13.6. The molecule has 0 radical (unpaired) electrons. The van der Waals surface area contributed by atoms with Crippen molar-refractivity contribution in [1.29, 1.82) is 0 Å². The number of methoxy groups -OCH3 is 1. The number of rotatable bonds is 3. The van der Waals surface area contributed by atoms with Gasteiger partial charge in [-0.1, -0.05) is 20.8 Å². The van der Waals surface area contributed by atoms with E-state index < -0.39 is 0 Å². The topological polar surface area (TPSA) is 42.4 Å².